The third kappa shape index (κ3) is 5.05. The van der Waals surface area contributed by atoms with Gasteiger partial charge in [0.05, 0.1) is 11.0 Å². The topological polar surface area (TPSA) is 99.1 Å². The molecule has 0 aliphatic rings. The molecular formula is C22H17F2N3O3S. The van der Waals surface area contributed by atoms with Crippen molar-refractivity contribution in [3.8, 4) is 6.07 Å². The summed E-state index contributed by atoms with van der Waals surface area (Å²) in [4.78, 5) is 12.3. The SMILES string of the molecule is Cc1ccc(S(=O)(=O)Nc2cccc(C(=O)NC(C#N)c3ccccc3F)c2)cc1F. The van der Waals surface area contributed by atoms with Gasteiger partial charge in [0.25, 0.3) is 15.9 Å². The molecule has 0 radical (unpaired) electrons. The van der Waals surface area contributed by atoms with Gasteiger partial charge in [-0.3, -0.25) is 9.52 Å². The van der Waals surface area contributed by atoms with Crippen LogP contribution in [-0.4, -0.2) is 14.3 Å². The number of benzene rings is 3. The fourth-order valence-electron chi connectivity index (χ4n) is 2.78. The number of nitriles is 1. The molecule has 1 unspecified atom stereocenters. The van der Waals surface area contributed by atoms with Crippen molar-refractivity contribution in [3.63, 3.8) is 0 Å². The predicted molar refractivity (Wildman–Crippen MR) is 111 cm³/mol. The Labute approximate surface area is 178 Å². The largest absolute Gasteiger partial charge is 0.332 e. The second-order valence-corrected chi connectivity index (χ2v) is 8.34. The lowest BCUT2D eigenvalue weighted by Crippen LogP contribution is -2.28. The quantitative estimate of drug-likeness (QED) is 0.602. The van der Waals surface area contributed by atoms with Crippen LogP contribution < -0.4 is 10.0 Å². The molecule has 9 heteroatoms. The lowest BCUT2D eigenvalue weighted by molar-refractivity contribution is 0.0944. The molecule has 0 spiro atoms. The first-order valence-corrected chi connectivity index (χ1v) is 10.5. The Balaban J connectivity index is 1.81. The van der Waals surface area contributed by atoms with Gasteiger partial charge in [0.15, 0.2) is 0 Å². The average molecular weight is 441 g/mol. The van der Waals surface area contributed by atoms with Crippen molar-refractivity contribution >= 4 is 21.6 Å². The van der Waals surface area contributed by atoms with Crippen molar-refractivity contribution in [2.24, 2.45) is 0 Å². The van der Waals surface area contributed by atoms with Gasteiger partial charge >= 0.3 is 0 Å². The van der Waals surface area contributed by atoms with E-state index >= 15 is 0 Å². The van der Waals surface area contributed by atoms with Crippen LogP contribution in [0.5, 0.6) is 0 Å². The second kappa shape index (κ2) is 8.93. The standard InChI is InChI=1S/C22H17F2N3O3S/c1-14-9-10-17(12-20(14)24)31(29,30)27-16-6-4-5-15(11-16)22(28)26-21(13-25)18-7-2-3-8-19(18)23/h2-12,21,27H,1H3,(H,26,28). The summed E-state index contributed by atoms with van der Waals surface area (Å²) >= 11 is 0. The number of rotatable bonds is 6. The Morgan fingerprint density at radius 3 is 2.42 bits per heavy atom. The molecule has 0 aliphatic heterocycles. The zero-order chi connectivity index (χ0) is 22.6. The summed E-state index contributed by atoms with van der Waals surface area (Å²) in [7, 11) is -4.10. The number of halogens is 2. The molecule has 0 fully saturated rings. The lowest BCUT2D eigenvalue weighted by Gasteiger charge is -2.14. The monoisotopic (exact) mass is 441 g/mol. The summed E-state index contributed by atoms with van der Waals surface area (Å²) in [6, 6.07) is 15.2. The van der Waals surface area contributed by atoms with Gasteiger partial charge in [-0.15, -0.1) is 0 Å². The van der Waals surface area contributed by atoms with E-state index in [0.717, 1.165) is 6.07 Å². The maximum absolute atomic E-state index is 13.9. The summed E-state index contributed by atoms with van der Waals surface area (Å²) < 4.78 is 55.0. The molecule has 158 valence electrons. The minimum Gasteiger partial charge on any atom is -0.332 e. The zero-order valence-electron chi connectivity index (χ0n) is 16.3. The molecule has 0 bridgehead atoms. The molecule has 1 atom stereocenters. The number of aryl methyl sites for hydroxylation is 1. The van der Waals surface area contributed by atoms with E-state index in [4.69, 9.17) is 0 Å². The Morgan fingerprint density at radius 2 is 1.74 bits per heavy atom. The van der Waals surface area contributed by atoms with Gasteiger partial charge in [0.2, 0.25) is 0 Å². The van der Waals surface area contributed by atoms with Crippen LogP contribution in [-0.2, 0) is 10.0 Å². The lowest BCUT2D eigenvalue weighted by atomic mass is 10.1. The number of hydrogen-bond acceptors (Lipinski definition) is 4. The van der Waals surface area contributed by atoms with Gasteiger partial charge in [-0.25, -0.2) is 17.2 Å². The highest BCUT2D eigenvalue weighted by Crippen LogP contribution is 2.21. The minimum atomic E-state index is -4.10. The summed E-state index contributed by atoms with van der Waals surface area (Å²) in [5.74, 6) is -2.00. The first kappa shape index (κ1) is 21.9. The molecule has 3 aromatic carbocycles. The van der Waals surface area contributed by atoms with Crippen molar-refractivity contribution in [2.45, 2.75) is 17.9 Å². The smallest absolute Gasteiger partial charge is 0.261 e. The molecule has 0 heterocycles. The van der Waals surface area contributed by atoms with Crippen molar-refractivity contribution in [1.29, 1.82) is 5.26 Å². The molecule has 3 aromatic rings. The van der Waals surface area contributed by atoms with Gasteiger partial charge in [-0.05, 0) is 48.9 Å². The second-order valence-electron chi connectivity index (χ2n) is 6.65. The molecular weight excluding hydrogens is 424 g/mol. The molecule has 1 amide bonds. The van der Waals surface area contributed by atoms with Crippen molar-refractivity contribution in [2.75, 3.05) is 4.72 Å². The summed E-state index contributed by atoms with van der Waals surface area (Å²) in [6.45, 7) is 1.51. The van der Waals surface area contributed by atoms with Crippen molar-refractivity contribution < 1.29 is 22.0 Å². The van der Waals surface area contributed by atoms with Crippen LogP contribution in [0.2, 0.25) is 0 Å². The van der Waals surface area contributed by atoms with E-state index in [0.29, 0.717) is 5.56 Å². The molecule has 0 aliphatic carbocycles. The van der Waals surface area contributed by atoms with Gasteiger partial charge in [0, 0.05) is 16.8 Å². The van der Waals surface area contributed by atoms with Crippen molar-refractivity contribution in [1.82, 2.24) is 5.32 Å². The van der Waals surface area contributed by atoms with Crippen LogP contribution in [0, 0.1) is 29.9 Å². The van der Waals surface area contributed by atoms with Gasteiger partial charge in [-0.2, -0.15) is 5.26 Å². The van der Waals surface area contributed by atoms with Gasteiger partial charge < -0.3 is 5.32 Å². The normalized spacial score (nSPS) is 11.9. The molecule has 6 nitrogen and oxygen atoms in total. The first-order chi connectivity index (χ1) is 14.7. The summed E-state index contributed by atoms with van der Waals surface area (Å²) in [5.41, 5.74) is 0.427. The van der Waals surface area contributed by atoms with E-state index in [1.807, 2.05) is 6.07 Å². The van der Waals surface area contributed by atoms with Crippen LogP contribution in [0.3, 0.4) is 0 Å². The van der Waals surface area contributed by atoms with Crippen LogP contribution in [0.25, 0.3) is 0 Å². The Morgan fingerprint density at radius 1 is 1.00 bits per heavy atom. The molecule has 0 saturated heterocycles. The maximum atomic E-state index is 13.9. The highest BCUT2D eigenvalue weighted by Gasteiger charge is 2.20. The van der Waals surface area contributed by atoms with Crippen LogP contribution >= 0.6 is 0 Å². The van der Waals surface area contributed by atoms with E-state index in [-0.39, 0.29) is 21.7 Å². The summed E-state index contributed by atoms with van der Waals surface area (Å²) in [5, 5.41) is 11.7. The fraction of sp³-hybridized carbons (Fsp3) is 0.0909. The van der Waals surface area contributed by atoms with Crippen LogP contribution in [0.1, 0.15) is 27.5 Å². The van der Waals surface area contributed by atoms with Crippen molar-refractivity contribution in [3.05, 3.63) is 95.1 Å². The van der Waals surface area contributed by atoms with E-state index in [2.05, 4.69) is 10.0 Å². The van der Waals surface area contributed by atoms with E-state index in [1.165, 1.54) is 67.6 Å². The number of nitrogens with one attached hydrogen (secondary N) is 2. The number of carbonyl (C=O) groups excluding carboxylic acids is 1. The average Bonchev–Trinajstić information content (AvgIpc) is 2.74. The Kier molecular flexibility index (Phi) is 6.32. The third-order valence-electron chi connectivity index (χ3n) is 4.45. The number of sulfonamides is 1. The number of nitrogens with zero attached hydrogens (tertiary/aromatic N) is 1. The van der Waals surface area contributed by atoms with Crippen LogP contribution in [0.4, 0.5) is 14.5 Å². The molecule has 0 saturated carbocycles. The number of anilines is 1. The molecule has 3 rings (SSSR count). The van der Waals surface area contributed by atoms with Gasteiger partial charge in [0.1, 0.15) is 17.7 Å². The highest BCUT2D eigenvalue weighted by molar-refractivity contribution is 7.92. The maximum Gasteiger partial charge on any atom is 0.261 e. The number of carbonyl (C=O) groups is 1. The minimum absolute atomic E-state index is 0.0107. The zero-order valence-corrected chi connectivity index (χ0v) is 17.1. The van der Waals surface area contributed by atoms with E-state index in [1.54, 1.807) is 0 Å². The first-order valence-electron chi connectivity index (χ1n) is 9.05. The highest BCUT2D eigenvalue weighted by atomic mass is 32.2. The van der Waals surface area contributed by atoms with Gasteiger partial charge in [-0.1, -0.05) is 30.3 Å². The molecule has 31 heavy (non-hydrogen) atoms. The number of hydrogen-bond donors (Lipinski definition) is 2. The fourth-order valence-corrected chi connectivity index (χ4v) is 3.84. The predicted octanol–water partition coefficient (Wildman–Crippen LogP) is 4.07. The summed E-state index contributed by atoms with van der Waals surface area (Å²) in [6.07, 6.45) is 0. The Hall–Kier alpha value is -3.77. The Bertz CT molecular complexity index is 1290. The molecule has 2 N–H and O–H groups in total. The molecule has 0 aromatic heterocycles. The van der Waals surface area contributed by atoms with E-state index < -0.39 is 33.6 Å². The number of amides is 1. The van der Waals surface area contributed by atoms with Crippen LogP contribution in [0.15, 0.2) is 71.6 Å². The van der Waals surface area contributed by atoms with E-state index in [9.17, 15) is 27.3 Å². The third-order valence-corrected chi connectivity index (χ3v) is 5.83.